The summed E-state index contributed by atoms with van der Waals surface area (Å²) in [6.45, 7) is 2.96. The maximum absolute atomic E-state index is 4.48. The summed E-state index contributed by atoms with van der Waals surface area (Å²) in [6, 6.07) is 14.7. The van der Waals surface area contributed by atoms with E-state index in [1.165, 1.54) is 16.5 Å². The number of aromatic nitrogens is 2. The molecule has 0 amide bonds. The van der Waals surface area contributed by atoms with Gasteiger partial charge >= 0.3 is 0 Å². The molecule has 0 N–H and O–H groups in total. The standard InChI is InChI=1S/C16H15N2.ClH/c1-13-7-10-18(11-8-13)12-15-5-2-4-14-6-3-9-17-16(14)15;/h2-11H,12H2,1H3;1H/q+1;/p-1. The summed E-state index contributed by atoms with van der Waals surface area (Å²) in [4.78, 5) is 4.48. The van der Waals surface area contributed by atoms with Crippen LogP contribution in [0.1, 0.15) is 11.1 Å². The van der Waals surface area contributed by atoms with Gasteiger partial charge in [-0.25, -0.2) is 4.57 Å². The Bertz CT molecular complexity index is 672. The van der Waals surface area contributed by atoms with E-state index in [0.717, 1.165) is 12.1 Å². The lowest BCUT2D eigenvalue weighted by Crippen LogP contribution is -3.00. The Hall–Kier alpha value is -1.93. The van der Waals surface area contributed by atoms with Crippen LogP contribution in [0.25, 0.3) is 10.9 Å². The molecule has 3 heteroatoms. The van der Waals surface area contributed by atoms with Gasteiger partial charge in [-0.2, -0.15) is 0 Å². The first-order valence-corrected chi connectivity index (χ1v) is 6.11. The largest absolute Gasteiger partial charge is 1.00 e. The first kappa shape index (κ1) is 13.5. The highest BCUT2D eigenvalue weighted by Crippen LogP contribution is 2.15. The van der Waals surface area contributed by atoms with Crippen molar-refractivity contribution in [1.82, 2.24) is 4.98 Å². The Morgan fingerprint density at radius 2 is 1.74 bits per heavy atom. The number of pyridine rings is 2. The van der Waals surface area contributed by atoms with Gasteiger partial charge in [0.15, 0.2) is 18.9 Å². The van der Waals surface area contributed by atoms with Crippen molar-refractivity contribution in [1.29, 1.82) is 0 Å². The maximum atomic E-state index is 4.48. The summed E-state index contributed by atoms with van der Waals surface area (Å²) in [5, 5.41) is 1.20. The minimum absolute atomic E-state index is 0. The second kappa shape index (κ2) is 5.81. The lowest BCUT2D eigenvalue weighted by molar-refractivity contribution is -0.688. The average Bonchev–Trinajstić information content (AvgIpc) is 2.42. The normalized spacial score (nSPS) is 10.2. The van der Waals surface area contributed by atoms with Crippen molar-refractivity contribution in [2.45, 2.75) is 13.5 Å². The fourth-order valence-electron chi connectivity index (χ4n) is 2.13. The second-order valence-corrected chi connectivity index (χ2v) is 4.54. The van der Waals surface area contributed by atoms with E-state index < -0.39 is 0 Å². The molecule has 0 atom stereocenters. The van der Waals surface area contributed by atoms with Gasteiger partial charge < -0.3 is 12.4 Å². The molecule has 1 aromatic carbocycles. The third-order valence-corrected chi connectivity index (χ3v) is 3.13. The molecule has 0 aliphatic heterocycles. The molecule has 0 saturated carbocycles. The van der Waals surface area contributed by atoms with Crippen molar-refractivity contribution in [2.75, 3.05) is 0 Å². The topological polar surface area (TPSA) is 16.8 Å². The molecule has 2 heterocycles. The molecule has 0 spiro atoms. The molecule has 2 nitrogen and oxygen atoms in total. The Balaban J connectivity index is 0.00000133. The van der Waals surface area contributed by atoms with Crippen LogP contribution in [0.15, 0.2) is 61.1 Å². The molecule has 0 fully saturated rings. The zero-order chi connectivity index (χ0) is 12.4. The van der Waals surface area contributed by atoms with Crippen LogP contribution in [0.5, 0.6) is 0 Å². The van der Waals surface area contributed by atoms with Gasteiger partial charge in [-0.15, -0.1) is 0 Å². The van der Waals surface area contributed by atoms with Crippen LogP contribution in [0.3, 0.4) is 0 Å². The Kier molecular flexibility index (Phi) is 4.13. The fourth-order valence-corrected chi connectivity index (χ4v) is 2.13. The van der Waals surface area contributed by atoms with Crippen LogP contribution in [-0.2, 0) is 6.54 Å². The third kappa shape index (κ3) is 2.91. The van der Waals surface area contributed by atoms with Crippen LogP contribution < -0.4 is 17.0 Å². The van der Waals surface area contributed by atoms with Crippen molar-refractivity contribution < 1.29 is 17.0 Å². The summed E-state index contributed by atoms with van der Waals surface area (Å²) in [5.41, 5.74) is 3.62. The lowest BCUT2D eigenvalue weighted by Gasteiger charge is -2.02. The van der Waals surface area contributed by atoms with Gasteiger partial charge in [-0.1, -0.05) is 24.3 Å². The Morgan fingerprint density at radius 1 is 1.00 bits per heavy atom. The Labute approximate surface area is 119 Å². The fraction of sp³-hybridized carbons (Fsp3) is 0.125. The number of halogens is 1. The van der Waals surface area contributed by atoms with Crippen LogP contribution in [0.4, 0.5) is 0 Å². The van der Waals surface area contributed by atoms with Gasteiger partial charge in [-0.3, -0.25) is 4.98 Å². The highest BCUT2D eigenvalue weighted by molar-refractivity contribution is 5.81. The van der Waals surface area contributed by atoms with Gasteiger partial charge in [-0.05, 0) is 18.6 Å². The van der Waals surface area contributed by atoms with E-state index in [-0.39, 0.29) is 12.4 Å². The molecular weight excluding hydrogens is 256 g/mol. The minimum Gasteiger partial charge on any atom is -1.00 e. The van der Waals surface area contributed by atoms with E-state index >= 15 is 0 Å². The number of aryl methyl sites for hydroxylation is 1. The quantitative estimate of drug-likeness (QED) is 0.594. The predicted molar refractivity (Wildman–Crippen MR) is 72.2 cm³/mol. The minimum atomic E-state index is 0. The van der Waals surface area contributed by atoms with E-state index in [0.29, 0.717) is 0 Å². The zero-order valence-electron chi connectivity index (χ0n) is 10.8. The average molecular weight is 271 g/mol. The maximum Gasteiger partial charge on any atom is 0.175 e. The molecule has 0 unspecified atom stereocenters. The van der Waals surface area contributed by atoms with E-state index in [2.05, 4.69) is 65.3 Å². The van der Waals surface area contributed by atoms with Crippen LogP contribution in [-0.4, -0.2) is 4.98 Å². The molecule has 0 radical (unpaired) electrons. The second-order valence-electron chi connectivity index (χ2n) is 4.54. The van der Waals surface area contributed by atoms with Gasteiger partial charge in [0, 0.05) is 29.3 Å². The van der Waals surface area contributed by atoms with Gasteiger partial charge in [0.25, 0.3) is 0 Å². The van der Waals surface area contributed by atoms with E-state index in [1.54, 1.807) is 0 Å². The molecule has 0 saturated heterocycles. The number of nitrogens with zero attached hydrogens (tertiary/aromatic N) is 2. The number of benzene rings is 1. The molecule has 0 aliphatic rings. The molecule has 3 rings (SSSR count). The van der Waals surface area contributed by atoms with Crippen LogP contribution >= 0.6 is 0 Å². The molecule has 3 aromatic rings. The smallest absolute Gasteiger partial charge is 0.175 e. The number of hydrogen-bond donors (Lipinski definition) is 0. The predicted octanol–water partition coefficient (Wildman–Crippen LogP) is -0.117. The lowest BCUT2D eigenvalue weighted by atomic mass is 10.1. The van der Waals surface area contributed by atoms with Crippen molar-refractivity contribution in [3.8, 4) is 0 Å². The highest BCUT2D eigenvalue weighted by Gasteiger charge is 2.06. The third-order valence-electron chi connectivity index (χ3n) is 3.13. The van der Waals surface area contributed by atoms with Gasteiger partial charge in [0.05, 0.1) is 5.52 Å². The number of hydrogen-bond acceptors (Lipinski definition) is 1. The van der Waals surface area contributed by atoms with Crippen molar-refractivity contribution in [3.05, 3.63) is 72.2 Å². The molecule has 0 aliphatic carbocycles. The summed E-state index contributed by atoms with van der Waals surface area (Å²) >= 11 is 0. The van der Waals surface area contributed by atoms with Crippen molar-refractivity contribution in [3.63, 3.8) is 0 Å². The summed E-state index contributed by atoms with van der Waals surface area (Å²) in [6.07, 6.45) is 6.07. The van der Waals surface area contributed by atoms with Crippen LogP contribution in [0.2, 0.25) is 0 Å². The highest BCUT2D eigenvalue weighted by atomic mass is 35.5. The SMILES string of the molecule is Cc1cc[n+](Cc2cccc3cccnc23)cc1.[Cl-]. The molecule has 0 bridgehead atoms. The van der Waals surface area contributed by atoms with Gasteiger partial charge in [0.2, 0.25) is 0 Å². The van der Waals surface area contributed by atoms with Gasteiger partial charge in [0.1, 0.15) is 0 Å². The molecule has 19 heavy (non-hydrogen) atoms. The number of para-hydroxylation sites is 1. The van der Waals surface area contributed by atoms with Crippen LogP contribution in [0, 0.1) is 6.92 Å². The van der Waals surface area contributed by atoms with E-state index in [4.69, 9.17) is 0 Å². The van der Waals surface area contributed by atoms with Crippen molar-refractivity contribution >= 4 is 10.9 Å². The first-order valence-electron chi connectivity index (χ1n) is 6.11. The zero-order valence-corrected chi connectivity index (χ0v) is 11.5. The summed E-state index contributed by atoms with van der Waals surface area (Å²) in [5.74, 6) is 0. The number of rotatable bonds is 2. The molecule has 2 aromatic heterocycles. The molecule has 96 valence electrons. The summed E-state index contributed by atoms with van der Waals surface area (Å²) in [7, 11) is 0. The van der Waals surface area contributed by atoms with E-state index in [9.17, 15) is 0 Å². The van der Waals surface area contributed by atoms with E-state index in [1.807, 2.05) is 12.3 Å². The molecular formula is C16H15ClN2. The summed E-state index contributed by atoms with van der Waals surface area (Å²) < 4.78 is 2.18. The van der Waals surface area contributed by atoms with Crippen molar-refractivity contribution in [2.24, 2.45) is 0 Å². The monoisotopic (exact) mass is 270 g/mol. The first-order chi connectivity index (χ1) is 8.83. The Morgan fingerprint density at radius 3 is 2.53 bits per heavy atom. The number of fused-ring (bicyclic) bond motifs is 1.